The number of carbonyl (C=O) groups is 3. The Kier molecular flexibility index (Phi) is 12.2. The van der Waals surface area contributed by atoms with Crippen LogP contribution < -0.4 is 5.73 Å². The van der Waals surface area contributed by atoms with Gasteiger partial charge in [0.1, 0.15) is 26.1 Å². The van der Waals surface area contributed by atoms with Gasteiger partial charge in [-0.05, 0) is 11.1 Å². The molecule has 0 aliphatic heterocycles. The van der Waals surface area contributed by atoms with E-state index in [2.05, 4.69) is 4.74 Å². The first-order chi connectivity index (χ1) is 16.7. The summed E-state index contributed by atoms with van der Waals surface area (Å²) in [5, 5.41) is 0. The van der Waals surface area contributed by atoms with Crippen molar-refractivity contribution in [2.24, 2.45) is 5.73 Å². The normalized spacial score (nSPS) is 11.7. The number of halogens is 6. The van der Waals surface area contributed by atoms with Crippen molar-refractivity contribution < 1.29 is 50.2 Å². The van der Waals surface area contributed by atoms with E-state index in [0.717, 1.165) is 5.56 Å². The number of hydrogen-bond donors (Lipinski definition) is 1. The van der Waals surface area contributed by atoms with Crippen LogP contribution in [0.3, 0.4) is 0 Å². The van der Waals surface area contributed by atoms with E-state index in [1.807, 2.05) is 0 Å². The van der Waals surface area contributed by atoms with Gasteiger partial charge in [0.05, 0.1) is 6.42 Å². The third-order valence-corrected chi connectivity index (χ3v) is 3.91. The van der Waals surface area contributed by atoms with Gasteiger partial charge in [-0.15, -0.1) is 0 Å². The third-order valence-electron chi connectivity index (χ3n) is 3.91. The first kappa shape index (κ1) is 30.2. The lowest BCUT2D eigenvalue weighted by atomic mass is 10.2. The summed E-state index contributed by atoms with van der Waals surface area (Å²) < 4.78 is 80.7. The molecule has 0 saturated carbocycles. The minimum absolute atomic E-state index is 0.00449. The van der Waals surface area contributed by atoms with Crippen molar-refractivity contribution in [2.75, 3.05) is 0 Å². The third kappa shape index (κ3) is 15.9. The van der Waals surface area contributed by atoms with Gasteiger partial charge in [-0.3, -0.25) is 9.59 Å². The number of allylic oxidation sites excluding steroid dienone is 1. The zero-order valence-electron chi connectivity index (χ0n) is 18.8. The predicted molar refractivity (Wildman–Crippen MR) is 116 cm³/mol. The maximum atomic E-state index is 11.9. The van der Waals surface area contributed by atoms with Crippen molar-refractivity contribution >= 4 is 17.7 Å². The molecular formula is C24H23F6NO5. The summed E-state index contributed by atoms with van der Waals surface area (Å²) in [5.74, 6) is -3.03. The molecule has 0 aliphatic carbocycles. The molecule has 0 aliphatic rings. The van der Waals surface area contributed by atoms with Crippen molar-refractivity contribution in [1.29, 1.82) is 0 Å². The number of hydrogen-bond acceptors (Lipinski definition) is 6. The van der Waals surface area contributed by atoms with Crippen LogP contribution in [0.25, 0.3) is 0 Å². The summed E-state index contributed by atoms with van der Waals surface area (Å²) in [7, 11) is 0. The molecule has 36 heavy (non-hydrogen) atoms. The van der Waals surface area contributed by atoms with E-state index in [1.54, 1.807) is 60.7 Å². The summed E-state index contributed by atoms with van der Waals surface area (Å²) in [5.41, 5.74) is 5.95. The number of ketones is 1. The highest BCUT2D eigenvalue weighted by Gasteiger charge is 2.32. The van der Waals surface area contributed by atoms with Crippen LogP contribution >= 0.6 is 0 Å². The van der Waals surface area contributed by atoms with Gasteiger partial charge in [0, 0.05) is 11.8 Å². The fourth-order valence-electron chi connectivity index (χ4n) is 2.44. The number of esters is 2. The molecule has 2 aromatic carbocycles. The maximum absolute atomic E-state index is 11.9. The average Bonchev–Trinajstić information content (AvgIpc) is 2.75. The fourth-order valence-corrected chi connectivity index (χ4v) is 2.44. The lowest BCUT2D eigenvalue weighted by Gasteiger charge is -2.06. The van der Waals surface area contributed by atoms with Crippen LogP contribution in [0.4, 0.5) is 26.3 Å². The Bertz CT molecular complexity index is 1010. The van der Waals surface area contributed by atoms with Crippen LogP contribution in [0.5, 0.6) is 0 Å². The van der Waals surface area contributed by atoms with E-state index in [-0.39, 0.29) is 13.2 Å². The molecular weight excluding hydrogens is 496 g/mol. The van der Waals surface area contributed by atoms with Crippen LogP contribution in [0.1, 0.15) is 30.4 Å². The number of nitrogens with two attached hydrogens (primary N) is 1. The van der Waals surface area contributed by atoms with Crippen LogP contribution in [0.2, 0.25) is 0 Å². The topological polar surface area (TPSA) is 95.7 Å². The number of benzene rings is 2. The number of Topliss-reactive ketones (excluding diaryl/α,β-unsaturated/α-hetero) is 1. The van der Waals surface area contributed by atoms with Crippen molar-refractivity contribution in [3.63, 3.8) is 0 Å². The summed E-state index contributed by atoms with van der Waals surface area (Å²) >= 11 is 0. The lowest BCUT2D eigenvalue weighted by molar-refractivity contribution is -0.157. The zero-order valence-corrected chi connectivity index (χ0v) is 18.8. The molecule has 0 unspecified atom stereocenters. The van der Waals surface area contributed by atoms with Crippen molar-refractivity contribution in [3.8, 4) is 0 Å². The second kappa shape index (κ2) is 14.5. The van der Waals surface area contributed by atoms with Crippen molar-refractivity contribution in [3.05, 3.63) is 83.6 Å². The molecule has 0 radical (unpaired) electrons. The molecule has 2 N–H and O–H groups in total. The molecule has 0 fully saturated rings. The molecule has 0 bridgehead atoms. The summed E-state index contributed by atoms with van der Waals surface area (Å²) in [4.78, 5) is 33.1. The van der Waals surface area contributed by atoms with Gasteiger partial charge in [-0.25, -0.2) is 4.79 Å². The summed E-state index contributed by atoms with van der Waals surface area (Å²) in [6.07, 6.45) is -12.2. The highest BCUT2D eigenvalue weighted by Crippen LogP contribution is 2.22. The van der Waals surface area contributed by atoms with Gasteiger partial charge in [0.15, 0.2) is 5.78 Å². The van der Waals surface area contributed by atoms with E-state index in [4.69, 9.17) is 10.5 Å². The Morgan fingerprint density at radius 2 is 1.17 bits per heavy atom. The van der Waals surface area contributed by atoms with Gasteiger partial charge >= 0.3 is 24.3 Å². The van der Waals surface area contributed by atoms with Gasteiger partial charge < -0.3 is 15.2 Å². The summed E-state index contributed by atoms with van der Waals surface area (Å²) in [6.45, 7) is -0.0611. The van der Waals surface area contributed by atoms with Gasteiger partial charge in [0.25, 0.3) is 0 Å². The van der Waals surface area contributed by atoms with E-state index < -0.39 is 55.0 Å². The zero-order chi connectivity index (χ0) is 27.2. The summed E-state index contributed by atoms with van der Waals surface area (Å²) in [6, 6.07) is 17.4. The Morgan fingerprint density at radius 3 is 1.61 bits per heavy atom. The number of carbonyl (C=O) groups excluding carboxylic acids is 3. The van der Waals surface area contributed by atoms with Gasteiger partial charge in [0.2, 0.25) is 0 Å². The van der Waals surface area contributed by atoms with E-state index in [9.17, 15) is 40.7 Å². The minimum Gasteiger partial charge on any atom is -0.460 e. The first-order valence-corrected chi connectivity index (χ1v) is 10.2. The number of rotatable bonds is 9. The maximum Gasteiger partial charge on any atom is 0.395 e. The molecule has 2 aromatic rings. The smallest absolute Gasteiger partial charge is 0.395 e. The van der Waals surface area contributed by atoms with E-state index in [0.29, 0.717) is 11.6 Å². The molecule has 0 atom stereocenters. The van der Waals surface area contributed by atoms with E-state index in [1.165, 1.54) is 0 Å². The predicted octanol–water partition coefficient (Wildman–Crippen LogP) is 5.17. The molecule has 0 aromatic heterocycles. The highest BCUT2D eigenvalue weighted by atomic mass is 19.4. The van der Waals surface area contributed by atoms with Crippen LogP contribution in [-0.2, 0) is 37.1 Å². The molecule has 12 heteroatoms. The Morgan fingerprint density at radius 1 is 0.722 bits per heavy atom. The van der Waals surface area contributed by atoms with Crippen molar-refractivity contribution in [2.45, 2.75) is 44.8 Å². The largest absolute Gasteiger partial charge is 0.460 e. The molecule has 0 saturated heterocycles. The van der Waals surface area contributed by atoms with Crippen molar-refractivity contribution in [1.82, 2.24) is 0 Å². The molecule has 0 heterocycles. The average molecular weight is 519 g/mol. The highest BCUT2D eigenvalue weighted by molar-refractivity contribution is 5.95. The fraction of sp³-hybridized carbons (Fsp3) is 0.292. The standard InChI is InChI=1S/C12H12F3NO2.C12H11F3O3/c2*13-12(14,15)7-10(16)6-11(17)18-8-9-4-2-1-3-5-9/h1-6H,7-8,16H2;1-5H,6-8H2/b10-6+;. The minimum atomic E-state index is -4.59. The van der Waals surface area contributed by atoms with Gasteiger partial charge in [-0.2, -0.15) is 26.3 Å². The van der Waals surface area contributed by atoms with E-state index >= 15 is 0 Å². The van der Waals surface area contributed by atoms with Crippen LogP contribution in [0, 0.1) is 0 Å². The Hall–Kier alpha value is -3.83. The monoisotopic (exact) mass is 519 g/mol. The Labute approximate surface area is 202 Å². The van der Waals surface area contributed by atoms with Crippen LogP contribution in [-0.4, -0.2) is 30.1 Å². The SMILES string of the molecule is N/C(=C/C(=O)OCc1ccccc1)CC(F)(F)F.O=C(CC(=O)OCc1ccccc1)CC(F)(F)F. The molecule has 2 rings (SSSR count). The first-order valence-electron chi connectivity index (χ1n) is 10.2. The molecule has 0 amide bonds. The molecule has 6 nitrogen and oxygen atoms in total. The second-order valence-corrected chi connectivity index (χ2v) is 7.26. The molecule has 0 spiro atoms. The number of alkyl halides is 6. The van der Waals surface area contributed by atoms with Crippen LogP contribution in [0.15, 0.2) is 72.4 Å². The Balaban J connectivity index is 0.000000360. The number of ether oxygens (including phenoxy) is 2. The lowest BCUT2D eigenvalue weighted by Crippen LogP contribution is -2.18. The second-order valence-electron chi connectivity index (χ2n) is 7.26. The molecule has 196 valence electrons. The van der Waals surface area contributed by atoms with Gasteiger partial charge in [-0.1, -0.05) is 60.7 Å². The quantitative estimate of drug-likeness (QED) is 0.213.